The van der Waals surface area contributed by atoms with E-state index in [0.29, 0.717) is 12.6 Å². The van der Waals surface area contributed by atoms with Crippen LogP contribution in [0.5, 0.6) is 0 Å². The van der Waals surface area contributed by atoms with Crippen LogP contribution in [0.25, 0.3) is 0 Å². The van der Waals surface area contributed by atoms with E-state index >= 15 is 0 Å². The summed E-state index contributed by atoms with van der Waals surface area (Å²) in [4.78, 5) is 14.1. The van der Waals surface area contributed by atoms with Gasteiger partial charge in [-0.2, -0.15) is 5.10 Å². The molecule has 2 aromatic rings. The Morgan fingerprint density at radius 3 is 2.76 bits per heavy atom. The molecule has 132 valence electrons. The molecule has 0 bridgehead atoms. The monoisotopic (exact) mass is 340 g/mol. The lowest BCUT2D eigenvalue weighted by molar-refractivity contribution is -0.124. The first kappa shape index (κ1) is 16.3. The van der Waals surface area contributed by atoms with E-state index in [1.807, 2.05) is 0 Å². The molecule has 2 aliphatic rings. The summed E-state index contributed by atoms with van der Waals surface area (Å²) in [6.45, 7) is 3.41. The van der Waals surface area contributed by atoms with Gasteiger partial charge in [0.1, 0.15) is 6.61 Å². The van der Waals surface area contributed by atoms with E-state index in [0.717, 1.165) is 38.2 Å². The third-order valence-electron chi connectivity index (χ3n) is 5.17. The molecule has 0 saturated carbocycles. The van der Waals surface area contributed by atoms with E-state index in [2.05, 4.69) is 50.3 Å². The Morgan fingerprint density at radius 2 is 2.04 bits per heavy atom. The number of methoxy groups -OCH3 is 1. The molecule has 0 radical (unpaired) electrons. The third kappa shape index (κ3) is 3.45. The SMILES string of the molecule is COCC(=O)NCc1cc2n(n1)CCN(C1Cc3ccccc3C1)C2. The average molecular weight is 340 g/mol. The van der Waals surface area contributed by atoms with Crippen molar-refractivity contribution in [2.24, 2.45) is 0 Å². The van der Waals surface area contributed by atoms with E-state index in [1.54, 1.807) is 0 Å². The van der Waals surface area contributed by atoms with Crippen molar-refractivity contribution in [3.63, 3.8) is 0 Å². The molecule has 1 aliphatic carbocycles. The summed E-state index contributed by atoms with van der Waals surface area (Å²) < 4.78 is 6.91. The van der Waals surface area contributed by atoms with Crippen molar-refractivity contribution in [1.29, 1.82) is 0 Å². The standard InChI is InChI=1S/C19H24N4O2/c1-25-13-19(24)20-11-16-10-18-12-22(6-7-23(18)21-16)17-8-14-4-2-3-5-15(14)9-17/h2-5,10,17H,6-9,11-13H2,1H3,(H,20,24). The molecule has 4 rings (SSSR count). The molecule has 1 aromatic heterocycles. The molecule has 6 nitrogen and oxygen atoms in total. The minimum atomic E-state index is -0.112. The van der Waals surface area contributed by atoms with Crippen molar-refractivity contribution >= 4 is 5.91 Å². The lowest BCUT2D eigenvalue weighted by Crippen LogP contribution is -2.41. The molecule has 0 unspecified atom stereocenters. The molecule has 25 heavy (non-hydrogen) atoms. The van der Waals surface area contributed by atoms with Crippen molar-refractivity contribution in [2.75, 3.05) is 20.3 Å². The molecule has 1 amide bonds. The summed E-state index contributed by atoms with van der Waals surface area (Å²) in [6.07, 6.45) is 2.29. The predicted molar refractivity (Wildman–Crippen MR) is 94.0 cm³/mol. The van der Waals surface area contributed by atoms with Crippen LogP contribution in [0.3, 0.4) is 0 Å². The first-order valence-electron chi connectivity index (χ1n) is 8.85. The fourth-order valence-electron chi connectivity index (χ4n) is 3.91. The van der Waals surface area contributed by atoms with Gasteiger partial charge in [-0.15, -0.1) is 0 Å². The van der Waals surface area contributed by atoms with Gasteiger partial charge in [-0.05, 0) is 30.0 Å². The normalized spacial score (nSPS) is 17.3. The zero-order chi connectivity index (χ0) is 17.2. The number of hydrogen-bond donors (Lipinski definition) is 1. The highest BCUT2D eigenvalue weighted by Gasteiger charge is 2.29. The van der Waals surface area contributed by atoms with Crippen LogP contribution < -0.4 is 5.32 Å². The molecular formula is C19H24N4O2. The molecule has 6 heteroatoms. The zero-order valence-corrected chi connectivity index (χ0v) is 14.6. The van der Waals surface area contributed by atoms with Crippen molar-refractivity contribution < 1.29 is 9.53 Å². The highest BCUT2D eigenvalue weighted by Crippen LogP contribution is 2.27. The second kappa shape index (κ2) is 6.98. The minimum Gasteiger partial charge on any atom is -0.375 e. The molecule has 1 aliphatic heterocycles. The number of nitrogens with zero attached hydrogens (tertiary/aromatic N) is 3. The van der Waals surface area contributed by atoms with Crippen LogP contribution in [0.15, 0.2) is 30.3 Å². The third-order valence-corrected chi connectivity index (χ3v) is 5.17. The first-order valence-corrected chi connectivity index (χ1v) is 8.85. The topological polar surface area (TPSA) is 59.4 Å². The Bertz CT molecular complexity index is 746. The maximum absolute atomic E-state index is 11.5. The molecule has 0 atom stereocenters. The Balaban J connectivity index is 1.38. The van der Waals surface area contributed by atoms with Crippen LogP contribution in [0.2, 0.25) is 0 Å². The van der Waals surface area contributed by atoms with Gasteiger partial charge in [0.15, 0.2) is 0 Å². The number of nitrogens with one attached hydrogen (secondary N) is 1. The number of ether oxygens (including phenoxy) is 1. The maximum atomic E-state index is 11.5. The molecular weight excluding hydrogens is 316 g/mol. The molecule has 0 fully saturated rings. The van der Waals surface area contributed by atoms with Crippen LogP contribution in [-0.2, 0) is 42.0 Å². The summed E-state index contributed by atoms with van der Waals surface area (Å²) in [6, 6.07) is 11.5. The molecule has 1 N–H and O–H groups in total. The predicted octanol–water partition coefficient (Wildman–Crippen LogP) is 1.13. The van der Waals surface area contributed by atoms with Crippen molar-refractivity contribution in [1.82, 2.24) is 20.0 Å². The summed E-state index contributed by atoms with van der Waals surface area (Å²) in [5.41, 5.74) is 5.13. The smallest absolute Gasteiger partial charge is 0.246 e. The quantitative estimate of drug-likeness (QED) is 0.886. The van der Waals surface area contributed by atoms with Crippen molar-refractivity contribution in [3.05, 3.63) is 52.8 Å². The molecule has 2 heterocycles. The van der Waals surface area contributed by atoms with Crippen LogP contribution >= 0.6 is 0 Å². The van der Waals surface area contributed by atoms with Gasteiger partial charge < -0.3 is 10.1 Å². The molecule has 0 spiro atoms. The number of amides is 1. The van der Waals surface area contributed by atoms with Crippen molar-refractivity contribution in [3.8, 4) is 0 Å². The van der Waals surface area contributed by atoms with Gasteiger partial charge in [0, 0.05) is 26.2 Å². The van der Waals surface area contributed by atoms with Gasteiger partial charge in [0.25, 0.3) is 0 Å². The van der Waals surface area contributed by atoms with E-state index in [9.17, 15) is 4.79 Å². The van der Waals surface area contributed by atoms with Gasteiger partial charge in [0.05, 0.1) is 24.5 Å². The Hall–Kier alpha value is -2.18. The van der Waals surface area contributed by atoms with Gasteiger partial charge in [0.2, 0.25) is 5.91 Å². The van der Waals surface area contributed by atoms with Gasteiger partial charge in [-0.1, -0.05) is 24.3 Å². The lowest BCUT2D eigenvalue weighted by Gasteiger charge is -2.32. The number of aromatic nitrogens is 2. The van der Waals surface area contributed by atoms with Crippen LogP contribution in [0.1, 0.15) is 22.5 Å². The fraction of sp³-hybridized carbons (Fsp3) is 0.474. The zero-order valence-electron chi connectivity index (χ0n) is 14.6. The van der Waals surface area contributed by atoms with Crippen LogP contribution in [0, 0.1) is 0 Å². The molecule has 0 saturated heterocycles. The largest absolute Gasteiger partial charge is 0.375 e. The number of hydrogen-bond acceptors (Lipinski definition) is 4. The van der Waals surface area contributed by atoms with E-state index in [1.165, 1.54) is 23.9 Å². The number of rotatable bonds is 5. The highest BCUT2D eigenvalue weighted by molar-refractivity contribution is 5.77. The summed E-state index contributed by atoms with van der Waals surface area (Å²) in [5, 5.41) is 7.45. The second-order valence-corrected chi connectivity index (χ2v) is 6.86. The molecule has 1 aromatic carbocycles. The number of benzene rings is 1. The van der Waals surface area contributed by atoms with Gasteiger partial charge >= 0.3 is 0 Å². The van der Waals surface area contributed by atoms with Gasteiger partial charge in [-0.25, -0.2) is 0 Å². The summed E-state index contributed by atoms with van der Waals surface area (Å²) >= 11 is 0. The Labute approximate surface area is 147 Å². The lowest BCUT2D eigenvalue weighted by atomic mass is 10.1. The Morgan fingerprint density at radius 1 is 1.28 bits per heavy atom. The average Bonchev–Trinajstić information content (AvgIpc) is 3.23. The Kier molecular flexibility index (Phi) is 4.55. The van der Waals surface area contributed by atoms with E-state index in [4.69, 9.17) is 4.74 Å². The first-order chi connectivity index (χ1) is 12.2. The second-order valence-electron chi connectivity index (χ2n) is 6.86. The number of carbonyl (C=O) groups is 1. The van der Waals surface area contributed by atoms with E-state index in [-0.39, 0.29) is 12.5 Å². The van der Waals surface area contributed by atoms with Crippen LogP contribution in [-0.4, -0.2) is 46.9 Å². The number of fused-ring (bicyclic) bond motifs is 2. The summed E-state index contributed by atoms with van der Waals surface area (Å²) in [5.74, 6) is -0.112. The van der Waals surface area contributed by atoms with Crippen LogP contribution in [0.4, 0.5) is 0 Å². The minimum absolute atomic E-state index is 0.0869. The fourth-order valence-corrected chi connectivity index (χ4v) is 3.91. The number of carbonyl (C=O) groups excluding carboxylic acids is 1. The van der Waals surface area contributed by atoms with Gasteiger partial charge in [-0.3, -0.25) is 14.4 Å². The summed E-state index contributed by atoms with van der Waals surface area (Å²) in [7, 11) is 1.52. The van der Waals surface area contributed by atoms with Crippen molar-refractivity contribution in [2.45, 2.75) is 38.5 Å². The highest BCUT2D eigenvalue weighted by atomic mass is 16.5. The maximum Gasteiger partial charge on any atom is 0.246 e. The van der Waals surface area contributed by atoms with E-state index < -0.39 is 0 Å².